The molecule has 2 aromatic rings. The number of fused-ring (bicyclic) bond motifs is 1. The lowest BCUT2D eigenvalue weighted by molar-refractivity contribution is -0.137. The quantitative estimate of drug-likeness (QED) is 0.935. The van der Waals surface area contributed by atoms with Crippen LogP contribution < -0.4 is 4.90 Å². The lowest BCUT2D eigenvalue weighted by atomic mass is 9.98. The van der Waals surface area contributed by atoms with E-state index in [0.29, 0.717) is 12.3 Å². The third kappa shape index (κ3) is 2.40. The molecule has 0 aliphatic carbocycles. The van der Waals surface area contributed by atoms with Gasteiger partial charge in [0.1, 0.15) is 5.76 Å². The van der Waals surface area contributed by atoms with Gasteiger partial charge in [-0.2, -0.15) is 0 Å². The summed E-state index contributed by atoms with van der Waals surface area (Å²) in [5, 5.41) is 12.8. The van der Waals surface area contributed by atoms with E-state index in [-0.39, 0.29) is 23.9 Å². The molecule has 21 heavy (non-hydrogen) atoms. The van der Waals surface area contributed by atoms with Gasteiger partial charge in [0, 0.05) is 24.2 Å². The predicted molar refractivity (Wildman–Crippen MR) is 74.4 cm³/mol. The molecule has 1 aromatic heterocycles. The van der Waals surface area contributed by atoms with Crippen LogP contribution in [0.25, 0.3) is 0 Å². The molecule has 0 bridgehead atoms. The minimum atomic E-state index is -0.874. The molecule has 6 nitrogen and oxygen atoms in total. The summed E-state index contributed by atoms with van der Waals surface area (Å²) in [5.74, 6) is -0.780. The Morgan fingerprint density at radius 3 is 2.86 bits per heavy atom. The van der Waals surface area contributed by atoms with Crippen molar-refractivity contribution in [3.05, 3.63) is 47.3 Å². The standard InChI is InChI=1S/C15H14N2O4/c1-9-6-12(16-21-9)15(20)17-8-10(7-14(18)19)11-4-2-3-5-13(11)17/h2-6,10H,7-8H2,1H3,(H,18,19). The number of para-hydroxylation sites is 1. The van der Waals surface area contributed by atoms with Crippen LogP contribution in [0.3, 0.4) is 0 Å². The van der Waals surface area contributed by atoms with Crippen LogP contribution in [0.5, 0.6) is 0 Å². The summed E-state index contributed by atoms with van der Waals surface area (Å²) in [6.07, 6.45) is -0.00135. The molecule has 1 N–H and O–H groups in total. The van der Waals surface area contributed by atoms with Gasteiger partial charge in [-0.05, 0) is 18.6 Å². The number of carbonyl (C=O) groups is 2. The highest BCUT2D eigenvalue weighted by molar-refractivity contribution is 6.06. The molecular formula is C15H14N2O4. The monoisotopic (exact) mass is 286 g/mol. The number of carboxylic acids is 1. The average Bonchev–Trinajstić information content (AvgIpc) is 3.03. The van der Waals surface area contributed by atoms with Crippen molar-refractivity contribution >= 4 is 17.6 Å². The van der Waals surface area contributed by atoms with E-state index in [1.54, 1.807) is 17.9 Å². The Balaban J connectivity index is 1.94. The molecule has 1 aliphatic rings. The van der Waals surface area contributed by atoms with E-state index >= 15 is 0 Å². The first kappa shape index (κ1) is 13.4. The topological polar surface area (TPSA) is 83.6 Å². The maximum absolute atomic E-state index is 12.5. The zero-order chi connectivity index (χ0) is 15.0. The van der Waals surface area contributed by atoms with Crippen LogP contribution in [0.15, 0.2) is 34.9 Å². The Bertz CT molecular complexity index is 707. The molecule has 2 heterocycles. The minimum Gasteiger partial charge on any atom is -0.481 e. The molecule has 0 fully saturated rings. The summed E-state index contributed by atoms with van der Waals surface area (Å²) in [4.78, 5) is 25.1. The van der Waals surface area contributed by atoms with Crippen molar-refractivity contribution in [1.29, 1.82) is 0 Å². The van der Waals surface area contributed by atoms with Crippen molar-refractivity contribution in [2.75, 3.05) is 11.4 Å². The SMILES string of the molecule is Cc1cc(C(=O)N2CC(CC(=O)O)c3ccccc32)no1. The Hall–Kier alpha value is -2.63. The largest absolute Gasteiger partial charge is 0.481 e. The Morgan fingerprint density at radius 1 is 1.43 bits per heavy atom. The zero-order valence-corrected chi connectivity index (χ0v) is 11.4. The molecule has 1 aromatic carbocycles. The maximum atomic E-state index is 12.5. The van der Waals surface area contributed by atoms with Crippen molar-refractivity contribution in [2.45, 2.75) is 19.3 Å². The molecular weight excluding hydrogens is 272 g/mol. The van der Waals surface area contributed by atoms with Gasteiger partial charge in [-0.25, -0.2) is 0 Å². The highest BCUT2D eigenvalue weighted by Crippen LogP contribution is 2.38. The van der Waals surface area contributed by atoms with Gasteiger partial charge in [-0.3, -0.25) is 9.59 Å². The number of hydrogen-bond donors (Lipinski definition) is 1. The van der Waals surface area contributed by atoms with Crippen molar-refractivity contribution in [3.8, 4) is 0 Å². The first-order valence-electron chi connectivity index (χ1n) is 6.62. The van der Waals surface area contributed by atoms with E-state index in [2.05, 4.69) is 5.16 Å². The van der Waals surface area contributed by atoms with Crippen molar-refractivity contribution in [1.82, 2.24) is 5.16 Å². The maximum Gasteiger partial charge on any atom is 0.304 e. The first-order valence-corrected chi connectivity index (χ1v) is 6.62. The number of aryl methyl sites for hydroxylation is 1. The number of carbonyl (C=O) groups excluding carboxylic acids is 1. The number of aliphatic carboxylic acids is 1. The molecule has 108 valence electrons. The molecule has 0 spiro atoms. The predicted octanol–water partition coefficient (Wildman–Crippen LogP) is 2.20. The molecule has 3 rings (SSSR count). The molecule has 1 unspecified atom stereocenters. The third-order valence-corrected chi connectivity index (χ3v) is 3.58. The van der Waals surface area contributed by atoms with Crippen LogP contribution in [-0.2, 0) is 4.79 Å². The third-order valence-electron chi connectivity index (χ3n) is 3.58. The number of anilines is 1. The number of nitrogens with zero attached hydrogens (tertiary/aromatic N) is 2. The van der Waals surface area contributed by atoms with E-state index in [1.807, 2.05) is 24.3 Å². The van der Waals surface area contributed by atoms with Gasteiger partial charge in [0.2, 0.25) is 0 Å². The fraction of sp³-hybridized carbons (Fsp3) is 0.267. The molecule has 1 atom stereocenters. The number of amides is 1. The molecule has 0 saturated carbocycles. The molecule has 1 amide bonds. The average molecular weight is 286 g/mol. The van der Waals surface area contributed by atoms with Gasteiger partial charge in [0.15, 0.2) is 5.69 Å². The zero-order valence-electron chi connectivity index (χ0n) is 11.4. The number of aromatic nitrogens is 1. The highest BCUT2D eigenvalue weighted by atomic mass is 16.5. The second kappa shape index (κ2) is 5.05. The van der Waals surface area contributed by atoms with Gasteiger partial charge in [0.05, 0.1) is 6.42 Å². The van der Waals surface area contributed by atoms with E-state index in [0.717, 1.165) is 11.3 Å². The normalized spacial score (nSPS) is 16.8. The lowest BCUT2D eigenvalue weighted by Crippen LogP contribution is -2.30. The number of carboxylic acid groups (broad SMARTS) is 1. The summed E-state index contributed by atoms with van der Waals surface area (Å²) in [5.41, 5.74) is 1.86. The summed E-state index contributed by atoms with van der Waals surface area (Å²) >= 11 is 0. The highest BCUT2D eigenvalue weighted by Gasteiger charge is 2.34. The van der Waals surface area contributed by atoms with Crippen LogP contribution in [-0.4, -0.2) is 28.7 Å². The van der Waals surface area contributed by atoms with Crippen LogP contribution in [0.1, 0.15) is 34.2 Å². The second-order valence-corrected chi connectivity index (χ2v) is 5.09. The fourth-order valence-electron chi connectivity index (χ4n) is 2.68. The van der Waals surface area contributed by atoms with Gasteiger partial charge in [-0.1, -0.05) is 23.4 Å². The Labute approximate surface area is 121 Å². The van der Waals surface area contributed by atoms with Crippen molar-refractivity contribution in [3.63, 3.8) is 0 Å². The van der Waals surface area contributed by atoms with Gasteiger partial charge in [-0.15, -0.1) is 0 Å². The van der Waals surface area contributed by atoms with E-state index in [1.165, 1.54) is 0 Å². The first-order chi connectivity index (χ1) is 10.1. The second-order valence-electron chi connectivity index (χ2n) is 5.09. The van der Waals surface area contributed by atoms with Crippen LogP contribution in [0, 0.1) is 6.92 Å². The summed E-state index contributed by atoms with van der Waals surface area (Å²) < 4.78 is 4.93. The van der Waals surface area contributed by atoms with Gasteiger partial charge in [0.25, 0.3) is 5.91 Å². The lowest BCUT2D eigenvalue weighted by Gasteiger charge is -2.15. The van der Waals surface area contributed by atoms with Gasteiger partial charge < -0.3 is 14.5 Å². The summed E-state index contributed by atoms with van der Waals surface area (Å²) in [7, 11) is 0. The number of hydrogen-bond acceptors (Lipinski definition) is 4. The van der Waals surface area contributed by atoms with Gasteiger partial charge >= 0.3 is 5.97 Å². The smallest absolute Gasteiger partial charge is 0.304 e. The molecule has 0 radical (unpaired) electrons. The molecule has 0 saturated heterocycles. The Kier molecular flexibility index (Phi) is 3.21. The fourth-order valence-corrected chi connectivity index (χ4v) is 2.68. The number of rotatable bonds is 3. The van der Waals surface area contributed by atoms with E-state index in [9.17, 15) is 9.59 Å². The summed E-state index contributed by atoms with van der Waals surface area (Å²) in [6.45, 7) is 2.06. The summed E-state index contributed by atoms with van der Waals surface area (Å²) in [6, 6.07) is 8.94. The van der Waals surface area contributed by atoms with Crippen molar-refractivity contribution in [2.24, 2.45) is 0 Å². The molecule has 6 heteroatoms. The van der Waals surface area contributed by atoms with E-state index < -0.39 is 5.97 Å². The number of benzene rings is 1. The van der Waals surface area contributed by atoms with E-state index in [4.69, 9.17) is 9.63 Å². The van der Waals surface area contributed by atoms with Crippen LogP contribution in [0.4, 0.5) is 5.69 Å². The Morgan fingerprint density at radius 2 is 2.19 bits per heavy atom. The molecule has 1 aliphatic heterocycles. The van der Waals surface area contributed by atoms with Crippen LogP contribution >= 0.6 is 0 Å². The van der Waals surface area contributed by atoms with Crippen molar-refractivity contribution < 1.29 is 19.2 Å². The van der Waals surface area contributed by atoms with Crippen LogP contribution in [0.2, 0.25) is 0 Å². The minimum absolute atomic E-state index is 0.00135.